The molecule has 0 radical (unpaired) electrons. The van der Waals surface area contributed by atoms with Gasteiger partial charge in [-0.25, -0.2) is 0 Å². The molecule has 2 rings (SSSR count). The van der Waals surface area contributed by atoms with Crippen molar-refractivity contribution in [2.24, 2.45) is 0 Å². The van der Waals surface area contributed by atoms with Crippen LogP contribution in [0.2, 0.25) is 0 Å². The quantitative estimate of drug-likeness (QED) is 0.919. The molecule has 3 atom stereocenters. The van der Waals surface area contributed by atoms with E-state index in [0.29, 0.717) is 12.4 Å². The molecule has 0 amide bonds. The smallest absolute Gasteiger partial charge is 0.163 e. The predicted octanol–water partition coefficient (Wildman–Crippen LogP) is 2.00. The fraction of sp³-hybridized carbons (Fsp3) is 0.571. The van der Waals surface area contributed by atoms with Crippen LogP contribution < -0.4 is 0 Å². The van der Waals surface area contributed by atoms with Gasteiger partial charge in [0.2, 0.25) is 0 Å². The second kappa shape index (κ2) is 5.71. The molecule has 1 saturated heterocycles. The molecule has 4 nitrogen and oxygen atoms in total. The van der Waals surface area contributed by atoms with Crippen molar-refractivity contribution in [2.75, 3.05) is 12.4 Å². The second-order valence-corrected chi connectivity index (χ2v) is 6.70. The van der Waals surface area contributed by atoms with Crippen molar-refractivity contribution in [1.82, 2.24) is 0 Å². The molecule has 1 aromatic rings. The van der Waals surface area contributed by atoms with E-state index in [0.717, 1.165) is 10.5 Å². The molecule has 1 heterocycles. The average Bonchev–Trinajstić information content (AvgIpc) is 2.68. The van der Waals surface area contributed by atoms with Crippen molar-refractivity contribution in [2.45, 2.75) is 43.7 Å². The summed E-state index contributed by atoms with van der Waals surface area (Å²) in [5.41, 5.74) is 0.822. The second-order valence-electron chi connectivity index (χ2n) is 5.21. The average molecular weight is 284 g/mol. The van der Waals surface area contributed by atoms with E-state index >= 15 is 0 Å². The van der Waals surface area contributed by atoms with Gasteiger partial charge in [-0.15, -0.1) is 0 Å². The van der Waals surface area contributed by atoms with Crippen LogP contribution in [-0.2, 0) is 20.3 Å². The number of hydrogen-bond acceptors (Lipinski definition) is 4. The first-order valence-corrected chi connectivity index (χ1v) is 7.67. The van der Waals surface area contributed by atoms with E-state index in [1.54, 1.807) is 31.2 Å². The summed E-state index contributed by atoms with van der Waals surface area (Å²) in [6.45, 7) is 5.89. The van der Waals surface area contributed by atoms with Crippen LogP contribution in [0.5, 0.6) is 0 Å². The lowest BCUT2D eigenvalue weighted by Gasteiger charge is -2.16. The van der Waals surface area contributed by atoms with Crippen molar-refractivity contribution in [3.63, 3.8) is 0 Å². The fourth-order valence-electron chi connectivity index (χ4n) is 2.01. The maximum absolute atomic E-state index is 12.2. The third kappa shape index (κ3) is 3.86. The van der Waals surface area contributed by atoms with Crippen LogP contribution in [0.1, 0.15) is 32.4 Å². The zero-order valence-corrected chi connectivity index (χ0v) is 12.3. The Labute approximate surface area is 116 Å². The maximum atomic E-state index is 12.2. The van der Waals surface area contributed by atoms with Crippen molar-refractivity contribution < 1.29 is 18.8 Å². The highest BCUT2D eigenvalue weighted by Gasteiger charge is 2.33. The van der Waals surface area contributed by atoms with E-state index in [4.69, 9.17) is 9.47 Å². The maximum Gasteiger partial charge on any atom is 0.163 e. The SMILES string of the molecule is CC(O)c1ccc([S@](=O)CC2COC(C)(C)O2)cc1. The van der Waals surface area contributed by atoms with Gasteiger partial charge in [0.1, 0.15) is 0 Å². The Balaban J connectivity index is 1.97. The molecule has 1 aromatic carbocycles. The number of rotatable bonds is 4. The van der Waals surface area contributed by atoms with Crippen molar-refractivity contribution in [3.8, 4) is 0 Å². The fourth-order valence-corrected chi connectivity index (χ4v) is 3.14. The van der Waals surface area contributed by atoms with E-state index in [9.17, 15) is 9.32 Å². The standard InChI is InChI=1S/C14H20O4S/c1-10(15)11-4-6-13(7-5-11)19(16)9-12-8-17-14(2,3)18-12/h4-7,10,12,15H,8-9H2,1-3H3/t10?,12?,19-/m1/s1. The van der Waals surface area contributed by atoms with E-state index < -0.39 is 22.7 Å². The van der Waals surface area contributed by atoms with Crippen LogP contribution in [0.15, 0.2) is 29.2 Å². The van der Waals surface area contributed by atoms with Crippen LogP contribution in [0.25, 0.3) is 0 Å². The molecular weight excluding hydrogens is 264 g/mol. The third-order valence-corrected chi connectivity index (χ3v) is 4.50. The topological polar surface area (TPSA) is 55.8 Å². The first kappa shape index (κ1) is 14.7. The highest BCUT2D eigenvalue weighted by molar-refractivity contribution is 7.85. The van der Waals surface area contributed by atoms with Crippen molar-refractivity contribution in [1.29, 1.82) is 0 Å². The van der Waals surface area contributed by atoms with Crippen molar-refractivity contribution in [3.05, 3.63) is 29.8 Å². The Kier molecular flexibility index (Phi) is 4.40. The molecule has 1 aliphatic rings. The molecule has 5 heteroatoms. The van der Waals surface area contributed by atoms with Crippen molar-refractivity contribution >= 4 is 10.8 Å². The van der Waals surface area contributed by atoms with Gasteiger partial charge in [-0.05, 0) is 38.5 Å². The summed E-state index contributed by atoms with van der Waals surface area (Å²) in [4.78, 5) is 0.748. The first-order valence-electron chi connectivity index (χ1n) is 6.35. The summed E-state index contributed by atoms with van der Waals surface area (Å²) in [7, 11) is -1.11. The summed E-state index contributed by atoms with van der Waals surface area (Å²) in [6.07, 6.45) is -0.637. The summed E-state index contributed by atoms with van der Waals surface area (Å²) >= 11 is 0. The van der Waals surface area contributed by atoms with Crippen LogP contribution in [0, 0.1) is 0 Å². The summed E-state index contributed by atoms with van der Waals surface area (Å²) < 4.78 is 23.3. The van der Waals surface area contributed by atoms with Crippen LogP contribution in [0.4, 0.5) is 0 Å². The molecule has 1 aliphatic heterocycles. The number of ether oxygens (including phenoxy) is 2. The van der Waals surface area contributed by atoms with E-state index in [1.807, 2.05) is 13.8 Å². The Hall–Kier alpha value is -0.750. The monoisotopic (exact) mass is 284 g/mol. The van der Waals surface area contributed by atoms with Gasteiger partial charge in [0, 0.05) is 4.90 Å². The van der Waals surface area contributed by atoms with Gasteiger partial charge in [0.15, 0.2) is 5.79 Å². The Morgan fingerprint density at radius 2 is 2.05 bits per heavy atom. The minimum absolute atomic E-state index is 0.132. The molecule has 0 saturated carbocycles. The van der Waals surface area contributed by atoms with Gasteiger partial charge < -0.3 is 14.6 Å². The third-order valence-electron chi connectivity index (χ3n) is 3.03. The normalized spacial score (nSPS) is 25.2. The zero-order valence-electron chi connectivity index (χ0n) is 11.5. The lowest BCUT2D eigenvalue weighted by atomic mass is 10.1. The molecule has 0 aromatic heterocycles. The molecule has 1 fully saturated rings. The van der Waals surface area contributed by atoms with E-state index in [-0.39, 0.29) is 6.10 Å². The van der Waals surface area contributed by atoms with Gasteiger partial charge in [0.25, 0.3) is 0 Å². The molecule has 0 aliphatic carbocycles. The summed E-state index contributed by atoms with van der Waals surface area (Å²) in [6, 6.07) is 7.18. The molecule has 19 heavy (non-hydrogen) atoms. The van der Waals surface area contributed by atoms with Crippen LogP contribution >= 0.6 is 0 Å². The molecule has 1 N–H and O–H groups in total. The van der Waals surface area contributed by atoms with Gasteiger partial charge in [-0.1, -0.05) is 12.1 Å². The molecule has 0 bridgehead atoms. The highest BCUT2D eigenvalue weighted by atomic mass is 32.2. The lowest BCUT2D eigenvalue weighted by Crippen LogP contribution is -2.24. The number of hydrogen-bond donors (Lipinski definition) is 1. The predicted molar refractivity (Wildman–Crippen MR) is 73.3 cm³/mol. The minimum Gasteiger partial charge on any atom is -0.389 e. The number of aliphatic hydroxyl groups excluding tert-OH is 1. The first-order chi connectivity index (χ1) is 8.87. The Bertz CT molecular complexity index is 453. The van der Waals surface area contributed by atoms with Gasteiger partial charge in [-0.2, -0.15) is 0 Å². The Morgan fingerprint density at radius 1 is 1.42 bits per heavy atom. The minimum atomic E-state index is -1.11. The number of benzene rings is 1. The van der Waals surface area contributed by atoms with Crippen LogP contribution in [-0.4, -0.2) is 33.6 Å². The number of aliphatic hydroxyl groups is 1. The highest BCUT2D eigenvalue weighted by Crippen LogP contribution is 2.24. The molecular formula is C14H20O4S. The van der Waals surface area contributed by atoms with E-state index in [2.05, 4.69) is 0 Å². The summed E-state index contributed by atoms with van der Waals surface area (Å²) in [5.74, 6) is -0.150. The van der Waals surface area contributed by atoms with Gasteiger partial charge in [0.05, 0.1) is 35.4 Å². The van der Waals surface area contributed by atoms with Gasteiger partial charge in [-0.3, -0.25) is 4.21 Å². The molecule has 0 spiro atoms. The van der Waals surface area contributed by atoms with Crippen LogP contribution in [0.3, 0.4) is 0 Å². The lowest BCUT2D eigenvalue weighted by molar-refractivity contribution is -0.135. The Morgan fingerprint density at radius 3 is 2.53 bits per heavy atom. The van der Waals surface area contributed by atoms with Gasteiger partial charge >= 0.3 is 0 Å². The molecule has 2 unspecified atom stereocenters. The largest absolute Gasteiger partial charge is 0.389 e. The van der Waals surface area contributed by atoms with E-state index in [1.165, 1.54) is 0 Å². The molecule has 106 valence electrons. The zero-order chi connectivity index (χ0) is 14.0. The summed E-state index contributed by atoms with van der Waals surface area (Å²) in [5, 5.41) is 9.43.